The van der Waals surface area contributed by atoms with Gasteiger partial charge in [0.25, 0.3) is 0 Å². The van der Waals surface area contributed by atoms with Gasteiger partial charge in [0, 0.05) is 10.7 Å². The third-order valence-corrected chi connectivity index (χ3v) is 5.25. The van der Waals surface area contributed by atoms with Crippen LogP contribution in [0.15, 0.2) is 65.8 Å². The SMILES string of the molecule is COc1cc(C=NNC(=O)C(=O)Nc2ccc(C)c(Cl)c2)ccc1OCc1ccccc1C. The fraction of sp³-hybridized carbons (Fsp3) is 0.160. The molecule has 0 unspecified atom stereocenters. The second-order valence-corrected chi connectivity index (χ2v) is 7.65. The highest BCUT2D eigenvalue weighted by Gasteiger charge is 2.13. The predicted octanol–water partition coefficient (Wildman–Crippen LogP) is 4.63. The van der Waals surface area contributed by atoms with E-state index in [1.165, 1.54) is 6.21 Å². The first-order valence-electron chi connectivity index (χ1n) is 10.1. The Morgan fingerprint density at radius 3 is 2.48 bits per heavy atom. The number of nitrogens with zero attached hydrogens (tertiary/aromatic N) is 1. The second-order valence-electron chi connectivity index (χ2n) is 7.24. The van der Waals surface area contributed by atoms with Gasteiger partial charge in [-0.25, -0.2) is 5.43 Å². The summed E-state index contributed by atoms with van der Waals surface area (Å²) in [5.74, 6) is -0.663. The van der Waals surface area contributed by atoms with E-state index in [1.54, 1.807) is 43.5 Å². The highest BCUT2D eigenvalue weighted by Crippen LogP contribution is 2.28. The van der Waals surface area contributed by atoms with Gasteiger partial charge < -0.3 is 14.8 Å². The van der Waals surface area contributed by atoms with Crippen LogP contribution in [0.2, 0.25) is 5.02 Å². The summed E-state index contributed by atoms with van der Waals surface area (Å²) < 4.78 is 11.3. The van der Waals surface area contributed by atoms with Crippen LogP contribution in [0.5, 0.6) is 11.5 Å². The van der Waals surface area contributed by atoms with Crippen molar-refractivity contribution in [3.05, 3.63) is 87.9 Å². The van der Waals surface area contributed by atoms with Crippen LogP contribution in [0.3, 0.4) is 0 Å². The van der Waals surface area contributed by atoms with Crippen LogP contribution in [0, 0.1) is 13.8 Å². The third kappa shape index (κ3) is 6.57. The van der Waals surface area contributed by atoms with Crippen molar-refractivity contribution >= 4 is 35.3 Å². The molecule has 0 aliphatic carbocycles. The Labute approximate surface area is 197 Å². The molecule has 8 heteroatoms. The minimum Gasteiger partial charge on any atom is -0.493 e. The Bertz CT molecular complexity index is 1190. The Morgan fingerprint density at radius 2 is 1.76 bits per heavy atom. The normalized spacial score (nSPS) is 10.7. The number of rotatable bonds is 7. The van der Waals surface area contributed by atoms with Gasteiger partial charge in [-0.15, -0.1) is 0 Å². The first kappa shape index (κ1) is 23.8. The van der Waals surface area contributed by atoms with Crippen molar-refractivity contribution in [2.75, 3.05) is 12.4 Å². The standard InChI is InChI=1S/C25H24ClN3O4/c1-16-6-4-5-7-19(16)15-33-22-11-9-18(12-23(22)32-3)14-27-29-25(31)24(30)28-20-10-8-17(2)21(26)13-20/h4-14H,15H2,1-3H3,(H,28,30)(H,29,31). The minimum atomic E-state index is -0.909. The number of anilines is 1. The zero-order valence-corrected chi connectivity index (χ0v) is 19.3. The fourth-order valence-electron chi connectivity index (χ4n) is 2.89. The summed E-state index contributed by atoms with van der Waals surface area (Å²) in [6.45, 7) is 4.28. The molecular weight excluding hydrogens is 442 g/mol. The molecule has 3 rings (SSSR count). The Morgan fingerprint density at radius 1 is 0.970 bits per heavy atom. The smallest absolute Gasteiger partial charge is 0.329 e. The van der Waals surface area contributed by atoms with Crippen LogP contribution in [0.25, 0.3) is 0 Å². The van der Waals surface area contributed by atoms with E-state index < -0.39 is 11.8 Å². The quantitative estimate of drug-likeness (QED) is 0.302. The van der Waals surface area contributed by atoms with Gasteiger partial charge in [-0.1, -0.05) is 41.9 Å². The van der Waals surface area contributed by atoms with Gasteiger partial charge in [0.15, 0.2) is 11.5 Å². The molecule has 0 aliphatic rings. The molecule has 0 fully saturated rings. The van der Waals surface area contributed by atoms with Gasteiger partial charge in [-0.05, 0) is 66.4 Å². The van der Waals surface area contributed by atoms with E-state index in [9.17, 15) is 9.59 Å². The molecule has 0 aliphatic heterocycles. The van der Waals surface area contributed by atoms with Crippen molar-refractivity contribution in [3.8, 4) is 11.5 Å². The number of carbonyl (C=O) groups is 2. The molecule has 0 radical (unpaired) electrons. The number of hydrazone groups is 1. The first-order chi connectivity index (χ1) is 15.9. The van der Waals surface area contributed by atoms with E-state index in [4.69, 9.17) is 21.1 Å². The predicted molar refractivity (Wildman–Crippen MR) is 129 cm³/mol. The molecule has 0 saturated carbocycles. The van der Waals surface area contributed by atoms with Crippen LogP contribution >= 0.6 is 11.6 Å². The average molecular weight is 466 g/mol. The molecule has 0 spiro atoms. The highest BCUT2D eigenvalue weighted by atomic mass is 35.5. The number of aryl methyl sites for hydroxylation is 2. The van der Waals surface area contributed by atoms with Gasteiger partial charge in [-0.3, -0.25) is 9.59 Å². The van der Waals surface area contributed by atoms with Crippen LogP contribution < -0.4 is 20.2 Å². The van der Waals surface area contributed by atoms with Gasteiger partial charge in [0.05, 0.1) is 13.3 Å². The average Bonchev–Trinajstić information content (AvgIpc) is 2.81. The summed E-state index contributed by atoms with van der Waals surface area (Å²) >= 11 is 6.03. The number of methoxy groups -OCH3 is 1. The number of carbonyl (C=O) groups excluding carboxylic acids is 2. The number of ether oxygens (including phenoxy) is 2. The lowest BCUT2D eigenvalue weighted by atomic mass is 10.1. The first-order valence-corrected chi connectivity index (χ1v) is 10.5. The molecule has 170 valence electrons. The maximum atomic E-state index is 12.0. The zero-order chi connectivity index (χ0) is 23.8. The summed E-state index contributed by atoms with van der Waals surface area (Å²) in [4.78, 5) is 24.0. The summed E-state index contributed by atoms with van der Waals surface area (Å²) in [6, 6.07) is 18.2. The largest absolute Gasteiger partial charge is 0.493 e. The highest BCUT2D eigenvalue weighted by molar-refractivity contribution is 6.39. The lowest BCUT2D eigenvalue weighted by molar-refractivity contribution is -0.136. The number of hydrogen-bond acceptors (Lipinski definition) is 5. The van der Waals surface area contributed by atoms with Crippen LogP contribution in [0.4, 0.5) is 5.69 Å². The number of amides is 2. The summed E-state index contributed by atoms with van der Waals surface area (Å²) in [5.41, 5.74) is 6.36. The third-order valence-electron chi connectivity index (χ3n) is 4.85. The molecule has 0 bridgehead atoms. The van der Waals surface area contributed by atoms with Crippen molar-refractivity contribution in [1.82, 2.24) is 5.43 Å². The van der Waals surface area contributed by atoms with Gasteiger partial charge >= 0.3 is 11.8 Å². The monoisotopic (exact) mass is 465 g/mol. The van der Waals surface area contributed by atoms with E-state index in [-0.39, 0.29) is 0 Å². The molecule has 2 N–H and O–H groups in total. The molecule has 33 heavy (non-hydrogen) atoms. The lowest BCUT2D eigenvalue weighted by Crippen LogP contribution is -2.32. The lowest BCUT2D eigenvalue weighted by Gasteiger charge is -2.12. The maximum Gasteiger partial charge on any atom is 0.329 e. The number of benzene rings is 3. The van der Waals surface area contributed by atoms with E-state index in [0.717, 1.165) is 16.7 Å². The second kappa shape index (κ2) is 11.2. The molecule has 0 aromatic heterocycles. The molecule has 0 heterocycles. The number of nitrogens with one attached hydrogen (secondary N) is 2. The van der Waals surface area contributed by atoms with E-state index >= 15 is 0 Å². The number of halogens is 1. The van der Waals surface area contributed by atoms with E-state index in [2.05, 4.69) is 15.8 Å². The van der Waals surface area contributed by atoms with Crippen molar-refractivity contribution in [3.63, 3.8) is 0 Å². The Hall–Kier alpha value is -3.84. The molecule has 0 atom stereocenters. The van der Waals surface area contributed by atoms with Crippen molar-refractivity contribution in [2.45, 2.75) is 20.5 Å². The van der Waals surface area contributed by atoms with Gasteiger partial charge in [-0.2, -0.15) is 5.10 Å². The van der Waals surface area contributed by atoms with E-state index in [1.807, 2.05) is 38.1 Å². The zero-order valence-electron chi connectivity index (χ0n) is 18.5. The molecule has 7 nitrogen and oxygen atoms in total. The van der Waals surface area contributed by atoms with Crippen LogP contribution in [-0.2, 0) is 16.2 Å². The maximum absolute atomic E-state index is 12.0. The fourth-order valence-corrected chi connectivity index (χ4v) is 3.07. The molecule has 0 saturated heterocycles. The molecular formula is C25H24ClN3O4. The summed E-state index contributed by atoms with van der Waals surface area (Å²) in [5, 5.41) is 6.80. The van der Waals surface area contributed by atoms with Crippen LogP contribution in [-0.4, -0.2) is 25.1 Å². The summed E-state index contributed by atoms with van der Waals surface area (Å²) in [6.07, 6.45) is 1.40. The van der Waals surface area contributed by atoms with E-state index in [0.29, 0.717) is 34.4 Å². The van der Waals surface area contributed by atoms with Gasteiger partial charge in [0.2, 0.25) is 0 Å². The Kier molecular flexibility index (Phi) is 8.05. The Balaban J connectivity index is 1.57. The molecule has 3 aromatic rings. The summed E-state index contributed by atoms with van der Waals surface area (Å²) in [7, 11) is 1.54. The van der Waals surface area contributed by atoms with Crippen molar-refractivity contribution < 1.29 is 19.1 Å². The van der Waals surface area contributed by atoms with Gasteiger partial charge in [0.1, 0.15) is 6.61 Å². The molecule has 2 amide bonds. The van der Waals surface area contributed by atoms with Crippen molar-refractivity contribution in [2.24, 2.45) is 5.10 Å². The minimum absolute atomic E-state index is 0.411. The van der Waals surface area contributed by atoms with Crippen molar-refractivity contribution in [1.29, 1.82) is 0 Å². The van der Waals surface area contributed by atoms with Crippen LogP contribution in [0.1, 0.15) is 22.3 Å². The number of hydrogen-bond donors (Lipinski definition) is 2. The topological polar surface area (TPSA) is 89.0 Å². The molecule has 3 aromatic carbocycles.